The zero-order valence-electron chi connectivity index (χ0n) is 10.5. The normalized spacial score (nSPS) is 20.1. The molecule has 1 aromatic rings. The van der Waals surface area contributed by atoms with Gasteiger partial charge < -0.3 is 10.2 Å². The lowest BCUT2D eigenvalue weighted by Gasteiger charge is -2.35. The standard InChI is InChI=1S/C12H17N3O2S/c1-8(2)7-10-11(16)13-4-5-15(10)12(17)9-3-6-18-14-9/h3,6,8,10H,4-5,7H2,1-2H3,(H,13,16). The minimum Gasteiger partial charge on any atom is -0.353 e. The number of aromatic nitrogens is 1. The van der Waals surface area contributed by atoms with Gasteiger partial charge in [0.25, 0.3) is 5.91 Å². The smallest absolute Gasteiger partial charge is 0.274 e. The van der Waals surface area contributed by atoms with Gasteiger partial charge in [0, 0.05) is 18.5 Å². The van der Waals surface area contributed by atoms with Crippen molar-refractivity contribution in [1.82, 2.24) is 14.6 Å². The van der Waals surface area contributed by atoms with E-state index in [9.17, 15) is 9.59 Å². The first kappa shape index (κ1) is 13.0. The topological polar surface area (TPSA) is 62.3 Å². The van der Waals surface area contributed by atoms with Crippen molar-refractivity contribution < 1.29 is 9.59 Å². The number of nitrogens with one attached hydrogen (secondary N) is 1. The molecule has 98 valence electrons. The average Bonchev–Trinajstić information content (AvgIpc) is 2.84. The van der Waals surface area contributed by atoms with E-state index >= 15 is 0 Å². The number of nitrogens with zero attached hydrogens (tertiary/aromatic N) is 2. The van der Waals surface area contributed by atoms with Gasteiger partial charge in [-0.3, -0.25) is 9.59 Å². The highest BCUT2D eigenvalue weighted by molar-refractivity contribution is 7.03. The molecule has 1 fully saturated rings. The van der Waals surface area contributed by atoms with Crippen LogP contribution in [0.5, 0.6) is 0 Å². The molecule has 6 heteroatoms. The summed E-state index contributed by atoms with van der Waals surface area (Å²) < 4.78 is 4.05. The summed E-state index contributed by atoms with van der Waals surface area (Å²) in [6.07, 6.45) is 0.682. The predicted molar refractivity (Wildman–Crippen MR) is 69.4 cm³/mol. The monoisotopic (exact) mass is 267 g/mol. The second kappa shape index (κ2) is 5.48. The minimum atomic E-state index is -0.368. The molecule has 1 N–H and O–H groups in total. The number of piperazine rings is 1. The van der Waals surface area contributed by atoms with Gasteiger partial charge in [0.15, 0.2) is 0 Å². The Labute approximate surface area is 110 Å². The van der Waals surface area contributed by atoms with Gasteiger partial charge in [-0.1, -0.05) is 13.8 Å². The summed E-state index contributed by atoms with van der Waals surface area (Å²) >= 11 is 1.25. The molecule has 1 aliphatic heterocycles. The van der Waals surface area contributed by atoms with Crippen molar-refractivity contribution in [3.63, 3.8) is 0 Å². The van der Waals surface area contributed by atoms with Gasteiger partial charge in [0.2, 0.25) is 5.91 Å². The maximum atomic E-state index is 12.3. The second-order valence-corrected chi connectivity index (χ2v) is 5.49. The van der Waals surface area contributed by atoms with E-state index in [1.807, 2.05) is 13.8 Å². The molecule has 2 heterocycles. The minimum absolute atomic E-state index is 0.0569. The van der Waals surface area contributed by atoms with Gasteiger partial charge in [0.05, 0.1) is 0 Å². The van der Waals surface area contributed by atoms with E-state index in [0.717, 1.165) is 0 Å². The molecule has 5 nitrogen and oxygen atoms in total. The van der Waals surface area contributed by atoms with Crippen LogP contribution >= 0.6 is 11.5 Å². The van der Waals surface area contributed by atoms with E-state index in [1.165, 1.54) is 11.5 Å². The highest BCUT2D eigenvalue weighted by Gasteiger charge is 2.34. The fourth-order valence-electron chi connectivity index (χ4n) is 2.11. The molecule has 2 amide bonds. The van der Waals surface area contributed by atoms with Gasteiger partial charge in [-0.15, -0.1) is 0 Å². The molecule has 1 unspecified atom stereocenters. The SMILES string of the molecule is CC(C)CC1C(=O)NCCN1C(=O)c1ccsn1. The molecule has 2 rings (SSSR count). The molecule has 0 radical (unpaired) electrons. The number of amides is 2. The molecule has 0 aliphatic carbocycles. The van der Waals surface area contributed by atoms with Gasteiger partial charge in [-0.2, -0.15) is 4.37 Å². The van der Waals surface area contributed by atoms with Crippen molar-refractivity contribution in [1.29, 1.82) is 0 Å². The first-order valence-corrected chi connectivity index (χ1v) is 6.92. The van der Waals surface area contributed by atoms with Crippen LogP contribution in [-0.2, 0) is 4.79 Å². The third-order valence-electron chi connectivity index (χ3n) is 2.94. The van der Waals surface area contributed by atoms with Crippen molar-refractivity contribution >= 4 is 23.3 Å². The lowest BCUT2D eigenvalue weighted by atomic mass is 10.00. The number of carbonyl (C=O) groups excluding carboxylic acids is 2. The van der Waals surface area contributed by atoms with Crippen LogP contribution in [0.2, 0.25) is 0 Å². The van der Waals surface area contributed by atoms with Crippen LogP contribution in [0.25, 0.3) is 0 Å². The van der Waals surface area contributed by atoms with E-state index in [-0.39, 0.29) is 17.9 Å². The Balaban J connectivity index is 2.17. The zero-order valence-corrected chi connectivity index (χ0v) is 11.4. The van der Waals surface area contributed by atoms with Crippen molar-refractivity contribution in [2.45, 2.75) is 26.3 Å². The Morgan fingerprint density at radius 1 is 1.67 bits per heavy atom. The first-order chi connectivity index (χ1) is 8.59. The largest absolute Gasteiger partial charge is 0.353 e. The van der Waals surface area contributed by atoms with Crippen LogP contribution in [0.1, 0.15) is 30.8 Å². The van der Waals surface area contributed by atoms with Crippen molar-refractivity contribution in [3.8, 4) is 0 Å². The molecule has 1 saturated heterocycles. The maximum Gasteiger partial charge on any atom is 0.274 e. The maximum absolute atomic E-state index is 12.3. The molecule has 18 heavy (non-hydrogen) atoms. The zero-order chi connectivity index (χ0) is 13.1. The van der Waals surface area contributed by atoms with E-state index in [2.05, 4.69) is 9.69 Å². The highest BCUT2D eigenvalue weighted by atomic mass is 32.1. The van der Waals surface area contributed by atoms with Crippen molar-refractivity contribution in [3.05, 3.63) is 17.1 Å². The van der Waals surface area contributed by atoms with Crippen molar-refractivity contribution in [2.24, 2.45) is 5.92 Å². The molecular weight excluding hydrogens is 250 g/mol. The summed E-state index contributed by atoms with van der Waals surface area (Å²) in [6, 6.07) is 1.33. The predicted octanol–water partition coefficient (Wildman–Crippen LogP) is 1.13. The molecular formula is C12H17N3O2S. The second-order valence-electron chi connectivity index (χ2n) is 4.82. The fraction of sp³-hybridized carbons (Fsp3) is 0.583. The third kappa shape index (κ3) is 2.69. The van der Waals surface area contributed by atoms with Crippen LogP contribution in [0.4, 0.5) is 0 Å². The van der Waals surface area contributed by atoms with Gasteiger partial charge in [-0.25, -0.2) is 0 Å². The summed E-state index contributed by atoms with van der Waals surface area (Å²) in [5, 5.41) is 4.59. The lowest BCUT2D eigenvalue weighted by molar-refractivity contribution is -0.128. The summed E-state index contributed by atoms with van der Waals surface area (Å²) in [4.78, 5) is 25.8. The van der Waals surface area contributed by atoms with Crippen LogP contribution in [-0.4, -0.2) is 40.2 Å². The summed E-state index contributed by atoms with van der Waals surface area (Å²) in [7, 11) is 0. The molecule has 0 aromatic carbocycles. The van der Waals surface area contributed by atoms with E-state index in [1.54, 1.807) is 16.3 Å². The molecule has 1 atom stereocenters. The Bertz CT molecular complexity index is 431. The molecule has 0 spiro atoms. The Hall–Kier alpha value is -1.43. The molecule has 1 aliphatic rings. The quantitative estimate of drug-likeness (QED) is 0.893. The Kier molecular flexibility index (Phi) is 3.96. The first-order valence-electron chi connectivity index (χ1n) is 6.08. The molecule has 1 aromatic heterocycles. The number of hydrogen-bond acceptors (Lipinski definition) is 4. The van der Waals surface area contributed by atoms with Crippen LogP contribution in [0.3, 0.4) is 0 Å². The van der Waals surface area contributed by atoms with Crippen molar-refractivity contribution in [2.75, 3.05) is 13.1 Å². The summed E-state index contributed by atoms with van der Waals surface area (Å²) in [5.74, 6) is 0.167. The summed E-state index contributed by atoms with van der Waals surface area (Å²) in [5.41, 5.74) is 0.434. The van der Waals surface area contributed by atoms with E-state index < -0.39 is 0 Å². The number of rotatable bonds is 3. The average molecular weight is 267 g/mol. The van der Waals surface area contributed by atoms with Gasteiger partial charge >= 0.3 is 0 Å². The lowest BCUT2D eigenvalue weighted by Crippen LogP contribution is -2.57. The Morgan fingerprint density at radius 2 is 2.44 bits per heavy atom. The fourth-order valence-corrected chi connectivity index (χ4v) is 2.61. The number of hydrogen-bond donors (Lipinski definition) is 1. The van der Waals surface area contributed by atoms with Crippen LogP contribution < -0.4 is 5.32 Å². The summed E-state index contributed by atoms with van der Waals surface area (Å²) in [6.45, 7) is 5.17. The van der Waals surface area contributed by atoms with Gasteiger partial charge in [0.1, 0.15) is 11.7 Å². The van der Waals surface area contributed by atoms with E-state index in [4.69, 9.17) is 0 Å². The molecule has 0 saturated carbocycles. The van der Waals surface area contributed by atoms with Crippen LogP contribution in [0.15, 0.2) is 11.4 Å². The highest BCUT2D eigenvalue weighted by Crippen LogP contribution is 2.17. The molecule has 0 bridgehead atoms. The Morgan fingerprint density at radius 3 is 3.06 bits per heavy atom. The third-order valence-corrected chi connectivity index (χ3v) is 3.50. The number of carbonyl (C=O) groups is 2. The van der Waals surface area contributed by atoms with Crippen LogP contribution in [0, 0.1) is 5.92 Å². The van der Waals surface area contributed by atoms with E-state index in [0.29, 0.717) is 31.1 Å². The van der Waals surface area contributed by atoms with Gasteiger partial charge in [-0.05, 0) is 29.9 Å².